The molecule has 43 heavy (non-hydrogen) atoms. The number of fused-ring (bicyclic) bond motifs is 3. The van der Waals surface area contributed by atoms with E-state index in [2.05, 4.69) is 132 Å². The molecule has 0 N–H and O–H groups in total. The molecule has 0 spiro atoms. The molecule has 8 aromatic rings. The summed E-state index contributed by atoms with van der Waals surface area (Å²) in [5.74, 6) is 0.910. The molecule has 0 aliphatic heterocycles. The van der Waals surface area contributed by atoms with Gasteiger partial charge in [0.1, 0.15) is 5.82 Å². The molecule has 0 unspecified atom stereocenters. The molecular weight excluding hydrogens is 522 g/mol. The van der Waals surface area contributed by atoms with E-state index < -0.39 is 0 Å². The van der Waals surface area contributed by atoms with E-state index in [4.69, 9.17) is 4.98 Å². The van der Waals surface area contributed by atoms with Gasteiger partial charge in [0.05, 0.1) is 28.4 Å². The SMILES string of the molecule is N#Cc1cccc(-c2cccc3ccc(-c4cc5ccccc5cc4-n4c(-c5ccccc5)nc5ccccc54)cc23)c1. The van der Waals surface area contributed by atoms with E-state index >= 15 is 0 Å². The third kappa shape index (κ3) is 4.25. The van der Waals surface area contributed by atoms with Gasteiger partial charge >= 0.3 is 0 Å². The summed E-state index contributed by atoms with van der Waals surface area (Å²) >= 11 is 0. The molecule has 0 fully saturated rings. The minimum Gasteiger partial charge on any atom is -0.292 e. The number of nitriles is 1. The minimum absolute atomic E-state index is 0.655. The molecule has 200 valence electrons. The first-order valence-electron chi connectivity index (χ1n) is 14.4. The molecule has 0 amide bonds. The first-order chi connectivity index (χ1) is 21.3. The van der Waals surface area contributed by atoms with Crippen LogP contribution in [0.3, 0.4) is 0 Å². The Balaban J connectivity index is 1.43. The van der Waals surface area contributed by atoms with Crippen molar-refractivity contribution < 1.29 is 0 Å². The van der Waals surface area contributed by atoms with Crippen LogP contribution in [0.25, 0.3) is 71.9 Å². The summed E-state index contributed by atoms with van der Waals surface area (Å²) in [4.78, 5) is 5.13. The Kier molecular flexibility index (Phi) is 5.84. The fraction of sp³-hybridized carbons (Fsp3) is 0. The Morgan fingerprint density at radius 3 is 2.07 bits per heavy atom. The van der Waals surface area contributed by atoms with Gasteiger partial charge in [-0.1, -0.05) is 109 Å². The Bertz CT molecular complexity index is 2360. The molecule has 1 heterocycles. The van der Waals surface area contributed by atoms with Crippen molar-refractivity contribution in [1.29, 1.82) is 5.26 Å². The van der Waals surface area contributed by atoms with Crippen LogP contribution in [-0.4, -0.2) is 9.55 Å². The van der Waals surface area contributed by atoms with Gasteiger partial charge in [-0.15, -0.1) is 0 Å². The standard InChI is InChI=1S/C40H25N3/c41-26-27-10-8-16-32(22-27)34-17-9-15-28-20-21-33(24-35(28)34)36-23-30-13-4-5-14-31(30)25-39(36)43-38-19-7-6-18-37(38)42-40(43)29-11-2-1-3-12-29/h1-25H. The maximum Gasteiger partial charge on any atom is 0.145 e. The molecule has 0 saturated carbocycles. The number of para-hydroxylation sites is 2. The third-order valence-electron chi connectivity index (χ3n) is 8.19. The molecule has 0 saturated heterocycles. The molecule has 0 atom stereocenters. The first kappa shape index (κ1) is 24.8. The minimum atomic E-state index is 0.655. The van der Waals surface area contributed by atoms with Crippen LogP contribution in [0.15, 0.2) is 152 Å². The Morgan fingerprint density at radius 2 is 1.21 bits per heavy atom. The van der Waals surface area contributed by atoms with Crippen LogP contribution in [0.4, 0.5) is 0 Å². The number of aromatic nitrogens is 2. The van der Waals surface area contributed by atoms with Crippen LogP contribution >= 0.6 is 0 Å². The monoisotopic (exact) mass is 547 g/mol. The molecule has 3 heteroatoms. The molecule has 1 aromatic heterocycles. The lowest BCUT2D eigenvalue weighted by atomic mass is 9.92. The second-order valence-electron chi connectivity index (χ2n) is 10.8. The van der Waals surface area contributed by atoms with E-state index in [9.17, 15) is 5.26 Å². The number of hydrogen-bond donors (Lipinski definition) is 0. The van der Waals surface area contributed by atoms with Crippen molar-refractivity contribution in [3.05, 3.63) is 157 Å². The maximum atomic E-state index is 9.55. The average molecular weight is 548 g/mol. The lowest BCUT2D eigenvalue weighted by Gasteiger charge is -2.17. The van der Waals surface area contributed by atoms with E-state index in [-0.39, 0.29) is 0 Å². The number of nitrogens with zero attached hydrogens (tertiary/aromatic N) is 3. The van der Waals surface area contributed by atoms with Crippen molar-refractivity contribution >= 4 is 32.6 Å². The molecule has 0 aliphatic rings. The van der Waals surface area contributed by atoms with Crippen LogP contribution < -0.4 is 0 Å². The number of benzene rings is 7. The fourth-order valence-electron chi connectivity index (χ4n) is 6.14. The second-order valence-corrected chi connectivity index (χ2v) is 10.8. The van der Waals surface area contributed by atoms with Crippen LogP contribution in [0.1, 0.15) is 5.56 Å². The van der Waals surface area contributed by atoms with Gasteiger partial charge < -0.3 is 0 Å². The van der Waals surface area contributed by atoms with Crippen molar-refractivity contribution in [3.8, 4) is 45.4 Å². The van der Waals surface area contributed by atoms with Gasteiger partial charge in [0.2, 0.25) is 0 Å². The van der Waals surface area contributed by atoms with Gasteiger partial charge in [-0.25, -0.2) is 4.98 Å². The van der Waals surface area contributed by atoms with Crippen molar-refractivity contribution in [2.24, 2.45) is 0 Å². The highest BCUT2D eigenvalue weighted by Crippen LogP contribution is 2.39. The average Bonchev–Trinajstić information content (AvgIpc) is 3.47. The Morgan fingerprint density at radius 1 is 0.512 bits per heavy atom. The second kappa shape index (κ2) is 10.1. The molecule has 0 aliphatic carbocycles. The molecule has 7 aromatic carbocycles. The number of rotatable bonds is 4. The summed E-state index contributed by atoms with van der Waals surface area (Å²) in [5, 5.41) is 14.2. The predicted molar refractivity (Wildman–Crippen MR) is 177 cm³/mol. The highest BCUT2D eigenvalue weighted by atomic mass is 15.1. The summed E-state index contributed by atoms with van der Waals surface area (Å²) in [7, 11) is 0. The topological polar surface area (TPSA) is 41.6 Å². The predicted octanol–water partition coefficient (Wildman–Crippen LogP) is 10.2. The zero-order valence-electron chi connectivity index (χ0n) is 23.3. The Hall–Kier alpha value is -5.98. The van der Waals surface area contributed by atoms with E-state index in [1.54, 1.807) is 0 Å². The largest absolute Gasteiger partial charge is 0.292 e. The summed E-state index contributed by atoms with van der Waals surface area (Å²) in [6.07, 6.45) is 0. The van der Waals surface area contributed by atoms with Gasteiger partial charge in [-0.05, 0) is 80.7 Å². The fourth-order valence-corrected chi connectivity index (χ4v) is 6.14. The zero-order valence-corrected chi connectivity index (χ0v) is 23.3. The zero-order chi connectivity index (χ0) is 28.8. The number of hydrogen-bond acceptors (Lipinski definition) is 2. The maximum absolute atomic E-state index is 9.55. The van der Waals surface area contributed by atoms with Gasteiger partial charge in [0.25, 0.3) is 0 Å². The van der Waals surface area contributed by atoms with Crippen molar-refractivity contribution in [1.82, 2.24) is 9.55 Å². The van der Waals surface area contributed by atoms with E-state index in [0.29, 0.717) is 5.56 Å². The lowest BCUT2D eigenvalue weighted by Crippen LogP contribution is -2.01. The molecule has 8 rings (SSSR count). The molecule has 0 radical (unpaired) electrons. The normalized spacial score (nSPS) is 11.2. The van der Waals surface area contributed by atoms with Crippen molar-refractivity contribution in [2.75, 3.05) is 0 Å². The number of imidazole rings is 1. The van der Waals surface area contributed by atoms with E-state index in [0.717, 1.165) is 61.1 Å². The summed E-state index contributed by atoms with van der Waals surface area (Å²) in [6, 6.07) is 55.1. The van der Waals surface area contributed by atoms with Crippen molar-refractivity contribution in [3.63, 3.8) is 0 Å². The quantitative estimate of drug-likeness (QED) is 0.220. The third-order valence-corrected chi connectivity index (χ3v) is 8.19. The summed E-state index contributed by atoms with van der Waals surface area (Å²) in [6.45, 7) is 0. The highest BCUT2D eigenvalue weighted by molar-refractivity contribution is 6.01. The first-order valence-corrected chi connectivity index (χ1v) is 14.4. The van der Waals surface area contributed by atoms with Crippen LogP contribution in [-0.2, 0) is 0 Å². The van der Waals surface area contributed by atoms with Crippen LogP contribution in [0.5, 0.6) is 0 Å². The van der Waals surface area contributed by atoms with Gasteiger partial charge in [-0.2, -0.15) is 5.26 Å². The van der Waals surface area contributed by atoms with E-state index in [1.807, 2.05) is 30.3 Å². The highest BCUT2D eigenvalue weighted by Gasteiger charge is 2.19. The summed E-state index contributed by atoms with van der Waals surface area (Å²) < 4.78 is 2.30. The van der Waals surface area contributed by atoms with Gasteiger partial charge in [-0.3, -0.25) is 4.57 Å². The Labute approximate surface area is 249 Å². The van der Waals surface area contributed by atoms with Crippen LogP contribution in [0.2, 0.25) is 0 Å². The van der Waals surface area contributed by atoms with Gasteiger partial charge in [0.15, 0.2) is 0 Å². The molecule has 0 bridgehead atoms. The summed E-state index contributed by atoms with van der Waals surface area (Å²) in [5.41, 5.74) is 9.21. The molecule has 3 nitrogen and oxygen atoms in total. The van der Waals surface area contributed by atoms with Gasteiger partial charge in [0, 0.05) is 11.1 Å². The molecular formula is C40H25N3. The van der Waals surface area contributed by atoms with Crippen molar-refractivity contribution in [2.45, 2.75) is 0 Å². The lowest BCUT2D eigenvalue weighted by molar-refractivity contribution is 1.11. The van der Waals surface area contributed by atoms with E-state index in [1.165, 1.54) is 10.8 Å². The smallest absolute Gasteiger partial charge is 0.145 e. The van der Waals surface area contributed by atoms with Crippen LogP contribution in [0, 0.1) is 11.3 Å².